The van der Waals surface area contributed by atoms with E-state index in [1.54, 1.807) is 20.8 Å². The van der Waals surface area contributed by atoms with Crippen molar-refractivity contribution in [3.8, 4) is 0 Å². The lowest BCUT2D eigenvalue weighted by Crippen LogP contribution is -2.26. The fraction of sp³-hybridized carbons (Fsp3) is 0.444. The van der Waals surface area contributed by atoms with Crippen LogP contribution in [-0.2, 0) is 14.8 Å². The van der Waals surface area contributed by atoms with Crippen molar-refractivity contribution in [2.75, 3.05) is 5.32 Å². The van der Waals surface area contributed by atoms with E-state index in [1.165, 1.54) is 12.1 Å². The molecule has 0 saturated heterocycles. The van der Waals surface area contributed by atoms with E-state index in [1.807, 2.05) is 0 Å². The third-order valence-electron chi connectivity index (χ3n) is 1.49. The Bertz CT molecular complexity index is 513. The van der Waals surface area contributed by atoms with Gasteiger partial charge in [0.05, 0.1) is 5.00 Å². The molecule has 6 nitrogen and oxygen atoms in total. The Labute approximate surface area is 104 Å². The van der Waals surface area contributed by atoms with Crippen LogP contribution >= 0.6 is 11.3 Å². The molecule has 0 atom stereocenters. The summed E-state index contributed by atoms with van der Waals surface area (Å²) in [5.41, 5.74) is -0.607. The van der Waals surface area contributed by atoms with E-state index in [2.05, 4.69) is 5.32 Å². The molecule has 8 heteroatoms. The molecular weight excluding hydrogens is 264 g/mol. The quantitative estimate of drug-likeness (QED) is 0.860. The average molecular weight is 278 g/mol. The second-order valence-electron chi connectivity index (χ2n) is 4.29. The van der Waals surface area contributed by atoms with Gasteiger partial charge in [0.25, 0.3) is 0 Å². The van der Waals surface area contributed by atoms with Crippen LogP contribution in [0, 0.1) is 0 Å². The Morgan fingerprint density at radius 3 is 2.41 bits per heavy atom. The number of hydrogen-bond acceptors (Lipinski definition) is 5. The minimum Gasteiger partial charge on any atom is -0.444 e. The van der Waals surface area contributed by atoms with Gasteiger partial charge in [0.15, 0.2) is 0 Å². The summed E-state index contributed by atoms with van der Waals surface area (Å²) < 4.78 is 27.0. The zero-order chi connectivity index (χ0) is 13.3. The summed E-state index contributed by atoms with van der Waals surface area (Å²) >= 11 is 0.869. The Morgan fingerprint density at radius 2 is 2.00 bits per heavy atom. The molecule has 1 amide bonds. The molecule has 0 aliphatic carbocycles. The molecule has 1 aromatic heterocycles. The second kappa shape index (κ2) is 4.63. The van der Waals surface area contributed by atoms with Crippen LogP contribution in [0.1, 0.15) is 20.8 Å². The first-order valence-corrected chi connectivity index (χ1v) is 7.07. The van der Waals surface area contributed by atoms with Crippen LogP contribution in [0.4, 0.5) is 9.80 Å². The summed E-state index contributed by atoms with van der Waals surface area (Å²) in [4.78, 5) is 11.4. The summed E-state index contributed by atoms with van der Waals surface area (Å²) in [7, 11) is -3.73. The molecule has 0 spiro atoms. The predicted octanol–water partition coefficient (Wildman–Crippen LogP) is 1.74. The van der Waals surface area contributed by atoms with Crippen LogP contribution in [-0.4, -0.2) is 20.1 Å². The third-order valence-corrected chi connectivity index (χ3v) is 3.93. The molecule has 0 aliphatic rings. The zero-order valence-electron chi connectivity index (χ0n) is 9.68. The Kier molecular flexibility index (Phi) is 3.80. The van der Waals surface area contributed by atoms with Crippen LogP contribution in [0.3, 0.4) is 0 Å². The molecule has 0 aromatic carbocycles. The Hall–Kier alpha value is -1.12. The van der Waals surface area contributed by atoms with E-state index in [4.69, 9.17) is 9.88 Å². The van der Waals surface area contributed by atoms with Gasteiger partial charge in [-0.25, -0.2) is 18.4 Å². The van der Waals surface area contributed by atoms with Gasteiger partial charge >= 0.3 is 6.09 Å². The molecule has 96 valence electrons. The highest BCUT2D eigenvalue weighted by atomic mass is 32.2. The maximum absolute atomic E-state index is 11.4. The van der Waals surface area contributed by atoms with Gasteiger partial charge in [-0.15, -0.1) is 11.3 Å². The number of sulfonamides is 1. The van der Waals surface area contributed by atoms with Gasteiger partial charge in [-0.1, -0.05) is 0 Å². The van der Waals surface area contributed by atoms with Crippen molar-refractivity contribution in [1.82, 2.24) is 0 Å². The molecule has 1 rings (SSSR count). The Balaban J connectivity index is 2.71. The lowest BCUT2D eigenvalue weighted by molar-refractivity contribution is 0.0636. The molecule has 0 aliphatic heterocycles. The monoisotopic (exact) mass is 278 g/mol. The first-order chi connectivity index (χ1) is 7.58. The number of hydrogen-bond donors (Lipinski definition) is 2. The van der Waals surface area contributed by atoms with Gasteiger partial charge in [-0.05, 0) is 32.9 Å². The largest absolute Gasteiger partial charge is 0.444 e. The predicted molar refractivity (Wildman–Crippen MR) is 65.5 cm³/mol. The lowest BCUT2D eigenvalue weighted by atomic mass is 10.2. The summed E-state index contributed by atoms with van der Waals surface area (Å²) in [6, 6.07) is 2.78. The number of rotatable bonds is 2. The highest BCUT2D eigenvalue weighted by Crippen LogP contribution is 2.25. The van der Waals surface area contributed by atoms with E-state index in [0.717, 1.165) is 11.3 Å². The van der Waals surface area contributed by atoms with Crippen molar-refractivity contribution in [3.63, 3.8) is 0 Å². The summed E-state index contributed by atoms with van der Waals surface area (Å²) in [5, 5.41) is 7.73. The number of nitrogens with two attached hydrogens (primary N) is 1. The van der Waals surface area contributed by atoms with E-state index < -0.39 is 21.7 Å². The van der Waals surface area contributed by atoms with Crippen LogP contribution in [0.2, 0.25) is 0 Å². The standard InChI is InChI=1S/C9H14N2O4S2/c1-9(2,3)15-8(12)11-6-4-5-7(16-6)17(10,13)14/h4-5H,1-3H3,(H,11,12)(H2,10,13,14). The molecule has 0 radical (unpaired) electrons. The van der Waals surface area contributed by atoms with Gasteiger partial charge < -0.3 is 4.74 Å². The fourth-order valence-electron chi connectivity index (χ4n) is 0.944. The first kappa shape index (κ1) is 13.9. The molecular formula is C9H14N2O4S2. The molecule has 0 bridgehead atoms. The SMILES string of the molecule is CC(C)(C)OC(=O)Nc1ccc(S(N)(=O)=O)s1. The molecule has 3 N–H and O–H groups in total. The normalized spacial score (nSPS) is 12.2. The number of amides is 1. The third kappa shape index (κ3) is 4.72. The van der Waals surface area contributed by atoms with Gasteiger partial charge in [-0.3, -0.25) is 5.32 Å². The minimum absolute atomic E-state index is 0.0106. The molecule has 0 unspecified atom stereocenters. The van der Waals surface area contributed by atoms with Crippen molar-refractivity contribution in [2.24, 2.45) is 5.14 Å². The number of carbonyl (C=O) groups excluding carboxylic acids is 1. The number of nitrogens with one attached hydrogen (secondary N) is 1. The zero-order valence-corrected chi connectivity index (χ0v) is 11.3. The average Bonchev–Trinajstić information content (AvgIpc) is 2.47. The van der Waals surface area contributed by atoms with Crippen molar-refractivity contribution < 1.29 is 17.9 Å². The van der Waals surface area contributed by atoms with E-state index in [-0.39, 0.29) is 4.21 Å². The number of carbonyl (C=O) groups is 1. The second-order valence-corrected chi connectivity index (χ2v) is 7.16. The number of anilines is 1. The summed E-state index contributed by atoms with van der Waals surface area (Å²) in [5.74, 6) is 0. The van der Waals surface area contributed by atoms with Crippen molar-refractivity contribution >= 4 is 32.5 Å². The van der Waals surface area contributed by atoms with Crippen molar-refractivity contribution in [1.29, 1.82) is 0 Å². The smallest absolute Gasteiger partial charge is 0.412 e. The van der Waals surface area contributed by atoms with Crippen LogP contribution in [0.15, 0.2) is 16.3 Å². The maximum Gasteiger partial charge on any atom is 0.412 e. The van der Waals surface area contributed by atoms with Gasteiger partial charge in [0.2, 0.25) is 10.0 Å². The van der Waals surface area contributed by atoms with Crippen LogP contribution < -0.4 is 10.5 Å². The van der Waals surface area contributed by atoms with Gasteiger partial charge in [0, 0.05) is 0 Å². The summed E-state index contributed by atoms with van der Waals surface area (Å²) in [6.07, 6.45) is -0.639. The van der Waals surface area contributed by atoms with Gasteiger partial charge in [0.1, 0.15) is 9.81 Å². The van der Waals surface area contributed by atoms with Crippen molar-refractivity contribution in [2.45, 2.75) is 30.6 Å². The molecule has 0 saturated carbocycles. The minimum atomic E-state index is -3.73. The summed E-state index contributed by atoms with van der Waals surface area (Å²) in [6.45, 7) is 5.20. The maximum atomic E-state index is 11.4. The van der Waals surface area contributed by atoms with Crippen molar-refractivity contribution in [3.05, 3.63) is 12.1 Å². The topological polar surface area (TPSA) is 98.5 Å². The molecule has 1 aromatic rings. The molecule has 0 fully saturated rings. The van der Waals surface area contributed by atoms with E-state index in [0.29, 0.717) is 5.00 Å². The Morgan fingerprint density at radius 1 is 1.41 bits per heavy atom. The molecule has 17 heavy (non-hydrogen) atoms. The highest BCUT2D eigenvalue weighted by molar-refractivity contribution is 7.91. The van der Waals surface area contributed by atoms with Crippen LogP contribution in [0.5, 0.6) is 0 Å². The number of thiophene rings is 1. The number of primary sulfonamides is 1. The van der Waals surface area contributed by atoms with Crippen LogP contribution in [0.25, 0.3) is 0 Å². The first-order valence-electron chi connectivity index (χ1n) is 4.70. The van der Waals surface area contributed by atoms with E-state index in [9.17, 15) is 13.2 Å². The number of ether oxygens (including phenoxy) is 1. The van der Waals surface area contributed by atoms with E-state index >= 15 is 0 Å². The fourth-order valence-corrected chi connectivity index (χ4v) is 2.56. The highest BCUT2D eigenvalue weighted by Gasteiger charge is 2.18. The van der Waals surface area contributed by atoms with Gasteiger partial charge in [-0.2, -0.15) is 0 Å². The lowest BCUT2D eigenvalue weighted by Gasteiger charge is -2.19. The molecule has 1 heterocycles.